The van der Waals surface area contributed by atoms with Crippen molar-refractivity contribution in [3.8, 4) is 0 Å². The van der Waals surface area contributed by atoms with Crippen molar-refractivity contribution in [1.29, 1.82) is 0 Å². The number of nitrogens with zero attached hydrogens (tertiary/aromatic N) is 3. The van der Waals surface area contributed by atoms with E-state index < -0.39 is 0 Å². The number of amides is 1. The molecule has 1 saturated heterocycles. The van der Waals surface area contributed by atoms with Crippen LogP contribution in [-0.4, -0.2) is 40.6 Å². The van der Waals surface area contributed by atoms with Gasteiger partial charge in [-0.3, -0.25) is 4.79 Å². The van der Waals surface area contributed by atoms with Gasteiger partial charge in [-0.05, 0) is 37.8 Å². The van der Waals surface area contributed by atoms with E-state index in [4.69, 9.17) is 0 Å². The monoisotopic (exact) mass is 248 g/mol. The van der Waals surface area contributed by atoms with Gasteiger partial charge in [0.1, 0.15) is 5.82 Å². The third-order valence-corrected chi connectivity index (χ3v) is 3.52. The van der Waals surface area contributed by atoms with Crippen molar-refractivity contribution in [1.82, 2.24) is 15.1 Å². The summed E-state index contributed by atoms with van der Waals surface area (Å²) >= 11 is 0. The van der Waals surface area contributed by atoms with Gasteiger partial charge in [0.25, 0.3) is 5.91 Å². The van der Waals surface area contributed by atoms with E-state index in [0.29, 0.717) is 23.5 Å². The van der Waals surface area contributed by atoms with Gasteiger partial charge in [-0.15, -0.1) is 10.2 Å². The smallest absolute Gasteiger partial charge is 0.274 e. The largest absolute Gasteiger partial charge is 0.372 e. The van der Waals surface area contributed by atoms with Crippen LogP contribution in [0.2, 0.25) is 0 Å². The van der Waals surface area contributed by atoms with Gasteiger partial charge >= 0.3 is 0 Å². The molecule has 0 saturated carbocycles. The maximum Gasteiger partial charge on any atom is 0.274 e. The molecule has 1 amide bonds. The fourth-order valence-corrected chi connectivity index (χ4v) is 2.30. The number of hydrogen-bond acceptors (Lipinski definition) is 4. The van der Waals surface area contributed by atoms with Gasteiger partial charge in [-0.2, -0.15) is 0 Å². The topological polar surface area (TPSA) is 58.1 Å². The highest BCUT2D eigenvalue weighted by Gasteiger charge is 2.28. The normalized spacial score (nSPS) is 23.8. The first kappa shape index (κ1) is 12.8. The lowest BCUT2D eigenvalue weighted by Crippen LogP contribution is -2.45. The lowest BCUT2D eigenvalue weighted by atomic mass is 9.95. The lowest BCUT2D eigenvalue weighted by molar-refractivity contribution is 0.0567. The number of likely N-dealkylation sites (tertiary alicyclic amines) is 1. The molecule has 98 valence electrons. The Bertz CT molecular complexity index is 418. The molecule has 2 rings (SSSR count). The van der Waals surface area contributed by atoms with E-state index in [1.54, 1.807) is 19.2 Å². The molecule has 0 bridgehead atoms. The predicted molar refractivity (Wildman–Crippen MR) is 70.5 cm³/mol. The molecule has 1 fully saturated rings. The first-order chi connectivity index (χ1) is 8.61. The molecule has 1 aromatic heterocycles. The van der Waals surface area contributed by atoms with Crippen LogP contribution in [0.4, 0.5) is 5.82 Å². The molecule has 0 aliphatic carbocycles. The average molecular weight is 248 g/mol. The van der Waals surface area contributed by atoms with Gasteiger partial charge in [0.2, 0.25) is 0 Å². The number of carbonyl (C=O) groups excluding carboxylic acids is 1. The minimum atomic E-state index is -0.01000. The van der Waals surface area contributed by atoms with Crippen LogP contribution in [0.15, 0.2) is 12.1 Å². The van der Waals surface area contributed by atoms with Gasteiger partial charge in [0.15, 0.2) is 5.69 Å². The zero-order valence-corrected chi connectivity index (χ0v) is 11.2. The predicted octanol–water partition coefficient (Wildman–Crippen LogP) is 1.78. The van der Waals surface area contributed by atoms with Gasteiger partial charge in [-0.1, -0.05) is 6.92 Å². The SMILES string of the molecule is CNc1ccc(C(=O)N2CC(C)CCC2C)nn1. The van der Waals surface area contributed by atoms with Crippen molar-refractivity contribution in [2.75, 3.05) is 18.9 Å². The first-order valence-electron chi connectivity index (χ1n) is 6.44. The Morgan fingerprint density at radius 3 is 2.72 bits per heavy atom. The number of aromatic nitrogens is 2. The lowest BCUT2D eigenvalue weighted by Gasteiger charge is -2.36. The second-order valence-electron chi connectivity index (χ2n) is 5.04. The highest BCUT2D eigenvalue weighted by molar-refractivity contribution is 5.92. The van der Waals surface area contributed by atoms with Crippen molar-refractivity contribution in [2.45, 2.75) is 32.7 Å². The maximum absolute atomic E-state index is 12.4. The Balaban J connectivity index is 2.13. The van der Waals surface area contributed by atoms with E-state index in [9.17, 15) is 4.79 Å². The molecule has 1 aromatic rings. The third-order valence-electron chi connectivity index (χ3n) is 3.52. The van der Waals surface area contributed by atoms with E-state index in [1.807, 2.05) is 4.90 Å². The summed E-state index contributed by atoms with van der Waals surface area (Å²) in [5.41, 5.74) is 0.426. The Labute approximate surface area is 108 Å². The first-order valence-corrected chi connectivity index (χ1v) is 6.44. The molecule has 2 unspecified atom stereocenters. The summed E-state index contributed by atoms with van der Waals surface area (Å²) in [5.74, 6) is 1.23. The summed E-state index contributed by atoms with van der Waals surface area (Å²) in [6.45, 7) is 5.09. The minimum Gasteiger partial charge on any atom is -0.372 e. The third kappa shape index (κ3) is 2.60. The number of hydrogen-bond donors (Lipinski definition) is 1. The van der Waals surface area contributed by atoms with E-state index in [2.05, 4.69) is 29.4 Å². The standard InChI is InChI=1S/C13H20N4O/c1-9-4-5-10(2)17(8-9)13(18)11-6-7-12(14-3)16-15-11/h6-7,9-10H,4-5,8H2,1-3H3,(H,14,16). The van der Waals surface area contributed by atoms with Gasteiger partial charge < -0.3 is 10.2 Å². The molecule has 5 nitrogen and oxygen atoms in total. The number of anilines is 1. The van der Waals surface area contributed by atoms with Crippen molar-refractivity contribution in [3.63, 3.8) is 0 Å². The molecule has 2 atom stereocenters. The zero-order valence-electron chi connectivity index (χ0n) is 11.2. The van der Waals surface area contributed by atoms with Crippen LogP contribution < -0.4 is 5.32 Å². The summed E-state index contributed by atoms with van der Waals surface area (Å²) in [6.07, 6.45) is 2.25. The van der Waals surface area contributed by atoms with E-state index in [1.165, 1.54) is 6.42 Å². The summed E-state index contributed by atoms with van der Waals surface area (Å²) in [4.78, 5) is 14.3. The molecule has 1 N–H and O–H groups in total. The molecule has 0 spiro atoms. The quantitative estimate of drug-likeness (QED) is 0.866. The Morgan fingerprint density at radius 1 is 1.33 bits per heavy atom. The van der Waals surface area contributed by atoms with Gasteiger partial charge in [0, 0.05) is 19.6 Å². The van der Waals surface area contributed by atoms with E-state index in [0.717, 1.165) is 13.0 Å². The molecule has 2 heterocycles. The minimum absolute atomic E-state index is 0.01000. The van der Waals surface area contributed by atoms with Crippen molar-refractivity contribution < 1.29 is 4.79 Å². The van der Waals surface area contributed by atoms with Crippen LogP contribution in [0, 0.1) is 5.92 Å². The molecular formula is C13H20N4O. The summed E-state index contributed by atoms with van der Waals surface area (Å²) in [5, 5.41) is 10.8. The Hall–Kier alpha value is -1.65. The highest BCUT2D eigenvalue weighted by Crippen LogP contribution is 2.22. The molecule has 0 aromatic carbocycles. The zero-order chi connectivity index (χ0) is 13.1. The summed E-state index contributed by atoms with van der Waals surface area (Å²) < 4.78 is 0. The molecule has 0 radical (unpaired) electrons. The number of nitrogens with one attached hydrogen (secondary N) is 1. The van der Waals surface area contributed by atoms with Crippen LogP contribution in [-0.2, 0) is 0 Å². The van der Waals surface area contributed by atoms with Crippen LogP contribution in [0.3, 0.4) is 0 Å². The van der Waals surface area contributed by atoms with Crippen LogP contribution in [0.25, 0.3) is 0 Å². The molecule has 1 aliphatic heterocycles. The van der Waals surface area contributed by atoms with Gasteiger partial charge in [0.05, 0.1) is 0 Å². The van der Waals surface area contributed by atoms with Crippen molar-refractivity contribution in [3.05, 3.63) is 17.8 Å². The second kappa shape index (κ2) is 5.33. The van der Waals surface area contributed by atoms with E-state index >= 15 is 0 Å². The van der Waals surface area contributed by atoms with Gasteiger partial charge in [-0.25, -0.2) is 0 Å². The van der Waals surface area contributed by atoms with Crippen molar-refractivity contribution in [2.24, 2.45) is 5.92 Å². The van der Waals surface area contributed by atoms with E-state index in [-0.39, 0.29) is 5.91 Å². The number of rotatable bonds is 2. The molecule has 5 heteroatoms. The highest BCUT2D eigenvalue weighted by atomic mass is 16.2. The second-order valence-corrected chi connectivity index (χ2v) is 5.04. The van der Waals surface area contributed by atoms with Crippen LogP contribution >= 0.6 is 0 Å². The fourth-order valence-electron chi connectivity index (χ4n) is 2.30. The average Bonchev–Trinajstić information content (AvgIpc) is 2.41. The Morgan fingerprint density at radius 2 is 2.11 bits per heavy atom. The Kier molecular flexibility index (Phi) is 3.79. The number of piperidine rings is 1. The van der Waals surface area contributed by atoms with Crippen molar-refractivity contribution >= 4 is 11.7 Å². The van der Waals surface area contributed by atoms with Crippen LogP contribution in [0.5, 0.6) is 0 Å². The maximum atomic E-state index is 12.4. The molecular weight excluding hydrogens is 228 g/mol. The molecule has 1 aliphatic rings. The van der Waals surface area contributed by atoms with Crippen LogP contribution in [0.1, 0.15) is 37.2 Å². The summed E-state index contributed by atoms with van der Waals surface area (Å²) in [7, 11) is 1.78. The molecule has 18 heavy (non-hydrogen) atoms. The summed E-state index contributed by atoms with van der Waals surface area (Å²) in [6, 6.07) is 3.80. The fraction of sp³-hybridized carbons (Fsp3) is 0.615. The number of carbonyl (C=O) groups is 1.